The van der Waals surface area contributed by atoms with Crippen molar-refractivity contribution in [2.45, 2.75) is 103 Å². The van der Waals surface area contributed by atoms with Gasteiger partial charge in [0.25, 0.3) is 0 Å². The molecule has 1 aliphatic rings. The summed E-state index contributed by atoms with van der Waals surface area (Å²) in [5.41, 5.74) is 4.50. The van der Waals surface area contributed by atoms with Gasteiger partial charge in [0.1, 0.15) is 0 Å². The highest BCUT2D eigenvalue weighted by molar-refractivity contribution is 5.69. The van der Waals surface area contributed by atoms with Crippen molar-refractivity contribution in [2.24, 2.45) is 5.92 Å². The molecule has 2 aromatic carbocycles. The molecule has 0 amide bonds. The first-order valence-electron chi connectivity index (χ1n) is 15.0. The lowest BCUT2D eigenvalue weighted by atomic mass is 9.99. The second kappa shape index (κ2) is 15.5. The Kier molecular flexibility index (Phi) is 11.5. The van der Waals surface area contributed by atoms with E-state index in [2.05, 4.69) is 55.5 Å². The quantitative estimate of drug-likeness (QED) is 0.184. The predicted octanol–water partition coefficient (Wildman–Crippen LogP) is 9.84. The minimum atomic E-state index is 0.695. The molecule has 0 atom stereocenters. The number of rotatable bonds is 16. The largest absolute Gasteiger partial charge is 0.477 e. The number of hydrogen-bond donors (Lipinski definition) is 0. The molecule has 0 N–H and O–H groups in total. The minimum absolute atomic E-state index is 0.695. The van der Waals surface area contributed by atoms with Crippen LogP contribution in [-0.4, -0.2) is 16.6 Å². The fourth-order valence-electron chi connectivity index (χ4n) is 5.54. The standard InChI is InChI=1S/C34H46N2O/c1-2-3-4-9-17-29-22-24-31(25-23-29)33-35-27-32(30-20-11-8-12-21-30)34(36-33)37-26-15-7-5-6-10-16-28-18-13-14-19-28/h8,11-12,20-25,27-28H,2-7,9-10,13-19,26H2,1H3. The van der Waals surface area contributed by atoms with Gasteiger partial charge in [-0.1, -0.05) is 139 Å². The molecule has 3 nitrogen and oxygen atoms in total. The maximum Gasteiger partial charge on any atom is 0.225 e. The molecule has 0 unspecified atom stereocenters. The number of benzene rings is 2. The van der Waals surface area contributed by atoms with E-state index in [1.807, 2.05) is 12.3 Å². The second-order valence-electron chi connectivity index (χ2n) is 10.8. The van der Waals surface area contributed by atoms with Crippen LogP contribution >= 0.6 is 0 Å². The molecule has 1 aromatic heterocycles. The Morgan fingerprint density at radius 2 is 1.49 bits per heavy atom. The van der Waals surface area contributed by atoms with Gasteiger partial charge in [-0.05, 0) is 36.3 Å². The Morgan fingerprint density at radius 3 is 2.27 bits per heavy atom. The summed E-state index contributed by atoms with van der Waals surface area (Å²) in [6.07, 6.45) is 21.9. The minimum Gasteiger partial charge on any atom is -0.477 e. The van der Waals surface area contributed by atoms with Crippen LogP contribution in [0.15, 0.2) is 60.8 Å². The van der Waals surface area contributed by atoms with E-state index in [-0.39, 0.29) is 0 Å². The van der Waals surface area contributed by atoms with E-state index in [9.17, 15) is 0 Å². The third kappa shape index (κ3) is 8.98. The number of aryl methyl sites for hydroxylation is 1. The van der Waals surface area contributed by atoms with Gasteiger partial charge in [0.05, 0.1) is 12.2 Å². The topological polar surface area (TPSA) is 35.0 Å². The van der Waals surface area contributed by atoms with Crippen molar-refractivity contribution in [3.8, 4) is 28.4 Å². The molecular formula is C34H46N2O. The normalized spacial score (nSPS) is 13.8. The van der Waals surface area contributed by atoms with Gasteiger partial charge in [-0.3, -0.25) is 0 Å². The van der Waals surface area contributed by atoms with E-state index in [0.717, 1.165) is 41.3 Å². The summed E-state index contributed by atoms with van der Waals surface area (Å²) in [4.78, 5) is 9.62. The maximum atomic E-state index is 6.29. The van der Waals surface area contributed by atoms with E-state index in [4.69, 9.17) is 14.7 Å². The molecule has 0 aliphatic heterocycles. The Hall–Kier alpha value is -2.68. The molecule has 0 radical (unpaired) electrons. The van der Waals surface area contributed by atoms with Crippen molar-refractivity contribution in [1.29, 1.82) is 0 Å². The maximum absolute atomic E-state index is 6.29. The van der Waals surface area contributed by atoms with Gasteiger partial charge < -0.3 is 4.74 Å². The zero-order valence-corrected chi connectivity index (χ0v) is 23.0. The van der Waals surface area contributed by atoms with Crippen LogP contribution in [0.3, 0.4) is 0 Å². The number of unbranched alkanes of at least 4 members (excludes halogenated alkanes) is 7. The molecule has 0 saturated heterocycles. The van der Waals surface area contributed by atoms with Crippen LogP contribution in [0.5, 0.6) is 5.88 Å². The SMILES string of the molecule is CCCCCCc1ccc(-c2ncc(-c3ccccc3)c(OCCCCCCCC3CCCC3)n2)cc1. The van der Waals surface area contributed by atoms with Gasteiger partial charge in [0.15, 0.2) is 5.82 Å². The highest BCUT2D eigenvalue weighted by Crippen LogP contribution is 2.31. The van der Waals surface area contributed by atoms with Crippen LogP contribution in [0.2, 0.25) is 0 Å². The first-order valence-corrected chi connectivity index (χ1v) is 15.0. The Morgan fingerprint density at radius 1 is 0.757 bits per heavy atom. The van der Waals surface area contributed by atoms with Gasteiger partial charge in [-0.2, -0.15) is 4.98 Å². The Labute approximate surface area is 225 Å². The van der Waals surface area contributed by atoms with Crippen molar-refractivity contribution in [1.82, 2.24) is 9.97 Å². The van der Waals surface area contributed by atoms with Crippen molar-refractivity contribution in [2.75, 3.05) is 6.61 Å². The fraction of sp³-hybridized carbons (Fsp3) is 0.529. The molecule has 1 aliphatic carbocycles. The number of nitrogens with zero attached hydrogens (tertiary/aromatic N) is 2. The van der Waals surface area contributed by atoms with Crippen LogP contribution in [-0.2, 0) is 6.42 Å². The average Bonchev–Trinajstić information content (AvgIpc) is 3.47. The lowest BCUT2D eigenvalue weighted by Crippen LogP contribution is -2.03. The summed E-state index contributed by atoms with van der Waals surface area (Å²) in [6, 6.07) is 19.1. The zero-order chi connectivity index (χ0) is 25.5. The van der Waals surface area contributed by atoms with E-state index in [1.54, 1.807) is 0 Å². The second-order valence-corrected chi connectivity index (χ2v) is 10.8. The van der Waals surface area contributed by atoms with Gasteiger partial charge >= 0.3 is 0 Å². The van der Waals surface area contributed by atoms with E-state index >= 15 is 0 Å². The first-order chi connectivity index (χ1) is 18.3. The molecule has 1 fully saturated rings. The highest BCUT2D eigenvalue weighted by atomic mass is 16.5. The summed E-state index contributed by atoms with van der Waals surface area (Å²) < 4.78 is 6.29. The summed E-state index contributed by atoms with van der Waals surface area (Å²) in [7, 11) is 0. The molecule has 198 valence electrons. The van der Waals surface area contributed by atoms with Gasteiger partial charge in [0.2, 0.25) is 5.88 Å². The summed E-state index contributed by atoms with van der Waals surface area (Å²) in [5.74, 6) is 2.45. The molecule has 37 heavy (non-hydrogen) atoms. The molecule has 3 aromatic rings. The van der Waals surface area contributed by atoms with Crippen LogP contribution in [0.25, 0.3) is 22.5 Å². The summed E-state index contributed by atoms with van der Waals surface area (Å²) in [5, 5.41) is 0. The monoisotopic (exact) mass is 498 g/mol. The van der Waals surface area contributed by atoms with Crippen molar-refractivity contribution >= 4 is 0 Å². The molecular weight excluding hydrogens is 452 g/mol. The van der Waals surface area contributed by atoms with E-state index in [1.165, 1.54) is 89.0 Å². The molecule has 0 spiro atoms. The van der Waals surface area contributed by atoms with Crippen LogP contribution in [0.1, 0.15) is 102 Å². The van der Waals surface area contributed by atoms with Crippen LogP contribution < -0.4 is 4.74 Å². The van der Waals surface area contributed by atoms with Gasteiger partial charge in [0, 0.05) is 11.8 Å². The Bertz CT molecular complexity index is 1030. The number of ether oxygens (including phenoxy) is 1. The molecule has 3 heteroatoms. The van der Waals surface area contributed by atoms with Gasteiger partial charge in [-0.15, -0.1) is 0 Å². The van der Waals surface area contributed by atoms with Crippen molar-refractivity contribution < 1.29 is 4.74 Å². The summed E-state index contributed by atoms with van der Waals surface area (Å²) in [6.45, 7) is 2.96. The highest BCUT2D eigenvalue weighted by Gasteiger charge is 2.14. The van der Waals surface area contributed by atoms with Crippen LogP contribution in [0.4, 0.5) is 0 Å². The van der Waals surface area contributed by atoms with Crippen LogP contribution in [0, 0.1) is 5.92 Å². The molecule has 0 bridgehead atoms. The van der Waals surface area contributed by atoms with Crippen molar-refractivity contribution in [3.05, 3.63) is 66.4 Å². The summed E-state index contributed by atoms with van der Waals surface area (Å²) >= 11 is 0. The zero-order valence-electron chi connectivity index (χ0n) is 23.0. The molecule has 1 heterocycles. The fourth-order valence-corrected chi connectivity index (χ4v) is 5.54. The van der Waals surface area contributed by atoms with E-state index < -0.39 is 0 Å². The average molecular weight is 499 g/mol. The third-order valence-electron chi connectivity index (χ3n) is 7.84. The predicted molar refractivity (Wildman–Crippen MR) is 156 cm³/mol. The lowest BCUT2D eigenvalue weighted by molar-refractivity contribution is 0.294. The third-order valence-corrected chi connectivity index (χ3v) is 7.84. The molecule has 1 saturated carbocycles. The Balaban J connectivity index is 1.32. The molecule has 4 rings (SSSR count). The number of hydrogen-bond acceptors (Lipinski definition) is 3. The lowest BCUT2D eigenvalue weighted by Gasteiger charge is -2.12. The first kappa shape index (κ1) is 27.4. The smallest absolute Gasteiger partial charge is 0.225 e. The number of aromatic nitrogens is 2. The van der Waals surface area contributed by atoms with Gasteiger partial charge in [-0.25, -0.2) is 4.98 Å². The van der Waals surface area contributed by atoms with Crippen molar-refractivity contribution in [3.63, 3.8) is 0 Å². The van der Waals surface area contributed by atoms with E-state index in [0.29, 0.717) is 12.5 Å².